The van der Waals surface area contributed by atoms with E-state index in [0.717, 1.165) is 18.9 Å². The van der Waals surface area contributed by atoms with Gasteiger partial charge in [-0.25, -0.2) is 4.98 Å². The zero-order chi connectivity index (χ0) is 13.0. The Morgan fingerprint density at radius 1 is 1.50 bits per heavy atom. The molecule has 0 aliphatic heterocycles. The molecule has 0 aromatic carbocycles. The molecule has 98 valence electrons. The van der Waals surface area contributed by atoms with Crippen LogP contribution in [0.15, 0.2) is 12.4 Å². The summed E-state index contributed by atoms with van der Waals surface area (Å²) in [7, 11) is 0. The second-order valence-electron chi connectivity index (χ2n) is 4.87. The molecule has 1 aromatic rings. The van der Waals surface area contributed by atoms with E-state index in [4.69, 9.17) is 0 Å². The van der Waals surface area contributed by atoms with Crippen molar-refractivity contribution in [1.29, 1.82) is 0 Å². The fraction of sp³-hybridized carbons (Fsp3) is 0.615. The first-order valence-electron chi connectivity index (χ1n) is 6.55. The minimum Gasteiger partial charge on any atom is -0.369 e. The van der Waals surface area contributed by atoms with Crippen LogP contribution < -0.4 is 10.6 Å². The predicted molar refractivity (Wildman–Crippen MR) is 70.5 cm³/mol. The van der Waals surface area contributed by atoms with Crippen molar-refractivity contribution in [2.75, 3.05) is 11.9 Å². The number of rotatable bonds is 6. The van der Waals surface area contributed by atoms with Crippen LogP contribution in [0.3, 0.4) is 0 Å². The Bertz CT molecular complexity index is 417. The average Bonchev–Trinajstić information content (AvgIpc) is 3.13. The lowest BCUT2D eigenvalue weighted by Gasteiger charge is -2.13. The van der Waals surface area contributed by atoms with Gasteiger partial charge in [-0.1, -0.05) is 12.8 Å². The molecule has 0 radical (unpaired) electrons. The number of aromatic nitrogens is 2. The molecule has 5 heteroatoms. The molecule has 1 saturated carbocycles. The molecule has 1 aromatic heterocycles. The average molecular weight is 248 g/mol. The van der Waals surface area contributed by atoms with Crippen molar-refractivity contribution in [1.82, 2.24) is 15.3 Å². The number of amides is 1. The molecule has 1 unspecified atom stereocenters. The second-order valence-corrected chi connectivity index (χ2v) is 4.87. The summed E-state index contributed by atoms with van der Waals surface area (Å²) in [5.74, 6) is 1.30. The van der Waals surface area contributed by atoms with Gasteiger partial charge in [0.2, 0.25) is 0 Å². The van der Waals surface area contributed by atoms with Crippen molar-refractivity contribution >= 4 is 11.7 Å². The molecule has 2 rings (SSSR count). The number of hydrogen-bond acceptors (Lipinski definition) is 4. The summed E-state index contributed by atoms with van der Waals surface area (Å²) < 4.78 is 0. The number of anilines is 1. The molecule has 18 heavy (non-hydrogen) atoms. The van der Waals surface area contributed by atoms with Gasteiger partial charge < -0.3 is 10.6 Å². The Balaban J connectivity index is 1.92. The van der Waals surface area contributed by atoms with Crippen LogP contribution in [0.1, 0.15) is 43.6 Å². The molecule has 1 heterocycles. The first-order valence-corrected chi connectivity index (χ1v) is 6.55. The third kappa shape index (κ3) is 3.68. The van der Waals surface area contributed by atoms with Gasteiger partial charge in [0.05, 0.1) is 12.4 Å². The number of carbonyl (C=O) groups excluding carboxylic acids is 1. The summed E-state index contributed by atoms with van der Waals surface area (Å²) in [5, 5.41) is 6.01. The molecule has 0 spiro atoms. The van der Waals surface area contributed by atoms with Gasteiger partial charge in [0, 0.05) is 12.6 Å². The highest BCUT2D eigenvalue weighted by Crippen LogP contribution is 2.33. The van der Waals surface area contributed by atoms with E-state index >= 15 is 0 Å². The quantitative estimate of drug-likeness (QED) is 0.806. The summed E-state index contributed by atoms with van der Waals surface area (Å²) >= 11 is 0. The van der Waals surface area contributed by atoms with E-state index < -0.39 is 0 Å². The first kappa shape index (κ1) is 12.8. The van der Waals surface area contributed by atoms with Crippen LogP contribution in [0.5, 0.6) is 0 Å². The highest BCUT2D eigenvalue weighted by atomic mass is 16.1. The maximum Gasteiger partial charge on any atom is 0.271 e. The Labute approximate surface area is 107 Å². The minimum absolute atomic E-state index is 0.143. The Morgan fingerprint density at radius 3 is 2.94 bits per heavy atom. The van der Waals surface area contributed by atoms with Crippen molar-refractivity contribution in [3.63, 3.8) is 0 Å². The lowest BCUT2D eigenvalue weighted by Crippen LogP contribution is -2.33. The Morgan fingerprint density at radius 2 is 2.28 bits per heavy atom. The van der Waals surface area contributed by atoms with Crippen LogP contribution in [-0.4, -0.2) is 28.5 Å². The molecule has 2 N–H and O–H groups in total. The molecule has 1 aliphatic carbocycles. The first-order chi connectivity index (χ1) is 8.69. The van der Waals surface area contributed by atoms with E-state index in [0.29, 0.717) is 11.5 Å². The van der Waals surface area contributed by atoms with Crippen molar-refractivity contribution in [2.24, 2.45) is 5.92 Å². The summed E-state index contributed by atoms with van der Waals surface area (Å²) in [6.45, 7) is 4.78. The fourth-order valence-electron chi connectivity index (χ4n) is 1.95. The normalized spacial score (nSPS) is 16.1. The van der Waals surface area contributed by atoms with Gasteiger partial charge in [-0.15, -0.1) is 0 Å². The fourth-order valence-corrected chi connectivity index (χ4v) is 1.95. The van der Waals surface area contributed by atoms with Crippen LogP contribution >= 0.6 is 0 Å². The van der Waals surface area contributed by atoms with E-state index in [1.807, 2.05) is 13.8 Å². The number of hydrogen-bond donors (Lipinski definition) is 2. The van der Waals surface area contributed by atoms with Crippen molar-refractivity contribution < 1.29 is 4.79 Å². The van der Waals surface area contributed by atoms with E-state index in [-0.39, 0.29) is 11.9 Å². The number of nitrogens with zero attached hydrogens (tertiary/aromatic N) is 2. The van der Waals surface area contributed by atoms with Gasteiger partial charge in [-0.2, -0.15) is 0 Å². The summed E-state index contributed by atoms with van der Waals surface area (Å²) in [6.07, 6.45) is 6.78. The molecule has 1 aliphatic rings. The molecule has 1 atom stereocenters. The van der Waals surface area contributed by atoms with E-state index in [9.17, 15) is 4.79 Å². The lowest BCUT2D eigenvalue weighted by atomic mass is 10.1. The van der Waals surface area contributed by atoms with E-state index in [2.05, 4.69) is 20.6 Å². The van der Waals surface area contributed by atoms with Crippen LogP contribution in [0.4, 0.5) is 5.82 Å². The Hall–Kier alpha value is -1.65. The van der Waals surface area contributed by atoms with Gasteiger partial charge in [-0.3, -0.25) is 9.78 Å². The maximum atomic E-state index is 12.0. The molecule has 5 nitrogen and oxygen atoms in total. The van der Waals surface area contributed by atoms with Gasteiger partial charge in [0.25, 0.3) is 5.91 Å². The van der Waals surface area contributed by atoms with Crippen molar-refractivity contribution in [3.05, 3.63) is 18.1 Å². The smallest absolute Gasteiger partial charge is 0.271 e. The predicted octanol–water partition coefficient (Wildman–Crippen LogP) is 1.83. The van der Waals surface area contributed by atoms with Gasteiger partial charge in [-0.05, 0) is 26.2 Å². The molecular formula is C13H20N4O. The van der Waals surface area contributed by atoms with Gasteiger partial charge >= 0.3 is 0 Å². The van der Waals surface area contributed by atoms with Crippen molar-refractivity contribution in [2.45, 2.75) is 39.2 Å². The number of nitrogens with one attached hydrogen (secondary N) is 2. The van der Waals surface area contributed by atoms with Gasteiger partial charge in [0.1, 0.15) is 11.5 Å². The van der Waals surface area contributed by atoms with E-state index in [1.165, 1.54) is 19.0 Å². The summed E-state index contributed by atoms with van der Waals surface area (Å²) in [6, 6.07) is 0.203. The lowest BCUT2D eigenvalue weighted by molar-refractivity contribution is 0.0932. The monoisotopic (exact) mass is 248 g/mol. The summed E-state index contributed by atoms with van der Waals surface area (Å²) in [4.78, 5) is 20.2. The third-order valence-electron chi connectivity index (χ3n) is 2.99. The number of carbonyl (C=O) groups is 1. The van der Waals surface area contributed by atoms with Crippen LogP contribution in [0.25, 0.3) is 0 Å². The second kappa shape index (κ2) is 5.80. The van der Waals surface area contributed by atoms with Gasteiger partial charge in [0.15, 0.2) is 0 Å². The van der Waals surface area contributed by atoms with E-state index in [1.54, 1.807) is 6.20 Å². The largest absolute Gasteiger partial charge is 0.369 e. The van der Waals surface area contributed by atoms with Crippen LogP contribution in [-0.2, 0) is 0 Å². The zero-order valence-corrected chi connectivity index (χ0v) is 10.9. The van der Waals surface area contributed by atoms with Crippen molar-refractivity contribution in [3.8, 4) is 0 Å². The molecular weight excluding hydrogens is 228 g/mol. The third-order valence-corrected chi connectivity index (χ3v) is 2.99. The zero-order valence-electron chi connectivity index (χ0n) is 10.9. The highest BCUT2D eigenvalue weighted by molar-refractivity contribution is 5.92. The SMILES string of the molecule is CCNc1cncc(C(=O)NC(C)CC2CC2)n1. The van der Waals surface area contributed by atoms with Crippen LogP contribution in [0.2, 0.25) is 0 Å². The molecule has 0 saturated heterocycles. The highest BCUT2D eigenvalue weighted by Gasteiger charge is 2.24. The summed E-state index contributed by atoms with van der Waals surface area (Å²) in [5.41, 5.74) is 0.371. The molecule has 1 fully saturated rings. The Kier molecular flexibility index (Phi) is 4.12. The molecule has 0 bridgehead atoms. The molecule has 1 amide bonds. The van der Waals surface area contributed by atoms with Crippen LogP contribution in [0, 0.1) is 5.92 Å². The standard InChI is InChI=1S/C13H20N4O/c1-3-15-12-8-14-7-11(17-12)13(18)16-9(2)6-10-4-5-10/h7-10H,3-6H2,1-2H3,(H,15,17)(H,16,18). The topological polar surface area (TPSA) is 66.9 Å². The maximum absolute atomic E-state index is 12.0. The minimum atomic E-state index is -0.143.